The van der Waals surface area contributed by atoms with Crippen LogP contribution in [0, 0.1) is 0 Å². The van der Waals surface area contributed by atoms with Gasteiger partial charge in [0.25, 0.3) is 0 Å². The van der Waals surface area contributed by atoms with Crippen molar-refractivity contribution < 1.29 is 9.53 Å². The summed E-state index contributed by atoms with van der Waals surface area (Å²) in [5.41, 5.74) is 1.24. The lowest BCUT2D eigenvalue weighted by Gasteiger charge is -2.03. The summed E-state index contributed by atoms with van der Waals surface area (Å²) in [6.07, 6.45) is 11.5. The number of hydrogen-bond acceptors (Lipinski definition) is 4. The Balaban J connectivity index is 1.49. The maximum atomic E-state index is 12.4. The van der Waals surface area contributed by atoms with Gasteiger partial charge in [0.05, 0.1) is 4.01 Å². The Hall–Kier alpha value is -1.65. The summed E-state index contributed by atoms with van der Waals surface area (Å²) in [5, 5.41) is 1.18. The second-order valence-corrected chi connectivity index (χ2v) is 9.77. The normalized spacial score (nSPS) is 11.2. The lowest BCUT2D eigenvalue weighted by Crippen LogP contribution is -2.06. The average molecular weight is 415 g/mol. The third-order valence-electron chi connectivity index (χ3n) is 5.04. The summed E-state index contributed by atoms with van der Waals surface area (Å²) >= 11 is 3.38. The quantitative estimate of drug-likeness (QED) is 0.180. The molecule has 0 saturated carbocycles. The minimum Gasteiger partial charge on any atom is -0.422 e. The van der Waals surface area contributed by atoms with Gasteiger partial charge in [-0.1, -0.05) is 64.5 Å². The highest BCUT2D eigenvalue weighted by Crippen LogP contribution is 2.35. The average Bonchev–Trinajstić information content (AvgIpc) is 3.27. The molecule has 2 aromatic heterocycles. The molecule has 0 unspecified atom stereocenters. The van der Waals surface area contributed by atoms with E-state index in [0.29, 0.717) is 10.6 Å². The zero-order valence-electron chi connectivity index (χ0n) is 17.0. The predicted molar refractivity (Wildman–Crippen MR) is 122 cm³/mol. The third kappa shape index (κ3) is 5.92. The molecular formula is C24H30O2S2. The van der Waals surface area contributed by atoms with Gasteiger partial charge in [-0.2, -0.15) is 0 Å². The second-order valence-electron chi connectivity index (χ2n) is 7.32. The van der Waals surface area contributed by atoms with Gasteiger partial charge in [0.2, 0.25) is 0 Å². The molecule has 2 nitrogen and oxygen atoms in total. The zero-order chi connectivity index (χ0) is 19.8. The van der Waals surface area contributed by atoms with Crippen LogP contribution < -0.4 is 4.74 Å². The van der Waals surface area contributed by atoms with E-state index < -0.39 is 0 Å². The van der Waals surface area contributed by atoms with E-state index in [4.69, 9.17) is 4.74 Å². The van der Waals surface area contributed by atoms with Gasteiger partial charge in [-0.25, -0.2) is 4.79 Å². The first-order valence-corrected chi connectivity index (χ1v) is 12.2. The van der Waals surface area contributed by atoms with Gasteiger partial charge in [-0.05, 0) is 49.1 Å². The smallest absolute Gasteiger partial charge is 0.353 e. The van der Waals surface area contributed by atoms with Gasteiger partial charge in [0.1, 0.15) is 10.6 Å². The summed E-state index contributed by atoms with van der Waals surface area (Å²) < 4.78 is 6.75. The molecule has 0 radical (unpaired) electrons. The van der Waals surface area contributed by atoms with Crippen LogP contribution in [0.3, 0.4) is 0 Å². The zero-order valence-corrected chi connectivity index (χ0v) is 18.6. The van der Waals surface area contributed by atoms with E-state index in [1.807, 2.05) is 41.7 Å². The molecular weight excluding hydrogens is 384 g/mol. The molecule has 1 aromatic carbocycles. The first-order valence-electron chi connectivity index (χ1n) is 10.5. The Bertz CT molecular complexity index is 842. The van der Waals surface area contributed by atoms with Crippen LogP contribution in [-0.2, 0) is 12.8 Å². The Morgan fingerprint density at radius 3 is 2.29 bits per heavy atom. The minimum atomic E-state index is -0.258. The van der Waals surface area contributed by atoms with Crippen molar-refractivity contribution in [1.29, 1.82) is 0 Å². The van der Waals surface area contributed by atoms with Gasteiger partial charge in [-0.3, -0.25) is 0 Å². The fraction of sp³-hybridized carbons (Fsp3) is 0.458. The monoisotopic (exact) mass is 414 g/mol. The predicted octanol–water partition coefficient (Wildman–Crippen LogP) is 8.04. The molecule has 4 heteroatoms. The van der Waals surface area contributed by atoms with Crippen LogP contribution in [0.1, 0.15) is 78.9 Å². The fourth-order valence-corrected chi connectivity index (χ4v) is 5.73. The van der Waals surface area contributed by atoms with Crippen molar-refractivity contribution in [3.8, 4) is 5.75 Å². The molecule has 0 aliphatic rings. The fourth-order valence-electron chi connectivity index (χ4n) is 3.32. The van der Waals surface area contributed by atoms with Gasteiger partial charge in [0, 0.05) is 10.3 Å². The molecule has 0 N–H and O–H groups in total. The summed E-state index contributed by atoms with van der Waals surface area (Å²) in [6.45, 7) is 4.37. The first-order chi connectivity index (χ1) is 13.7. The summed E-state index contributed by atoms with van der Waals surface area (Å²) in [5.74, 6) is 0.352. The molecule has 0 aliphatic carbocycles. The van der Waals surface area contributed by atoms with Crippen molar-refractivity contribution in [2.75, 3.05) is 0 Å². The van der Waals surface area contributed by atoms with Gasteiger partial charge >= 0.3 is 5.97 Å². The molecule has 0 atom stereocenters. The van der Waals surface area contributed by atoms with Crippen LogP contribution in [0.5, 0.6) is 5.75 Å². The number of unbranched alkanes of at least 4 members (excludes halogenated alkanes) is 6. The molecule has 0 aliphatic heterocycles. The van der Waals surface area contributed by atoms with E-state index >= 15 is 0 Å². The molecule has 0 fully saturated rings. The molecule has 2 heterocycles. The number of rotatable bonds is 11. The van der Waals surface area contributed by atoms with Crippen LogP contribution in [0.2, 0.25) is 0 Å². The molecule has 3 rings (SSSR count). The molecule has 0 spiro atoms. The van der Waals surface area contributed by atoms with Gasteiger partial charge in [-0.15, -0.1) is 22.7 Å². The lowest BCUT2D eigenvalue weighted by atomic mass is 10.1. The number of thiophene rings is 2. The topological polar surface area (TPSA) is 26.3 Å². The van der Waals surface area contributed by atoms with Crippen molar-refractivity contribution in [3.05, 3.63) is 51.7 Å². The van der Waals surface area contributed by atoms with E-state index in [1.54, 1.807) is 11.3 Å². The van der Waals surface area contributed by atoms with E-state index in [-0.39, 0.29) is 5.97 Å². The van der Waals surface area contributed by atoms with E-state index in [9.17, 15) is 4.79 Å². The van der Waals surface area contributed by atoms with E-state index in [2.05, 4.69) is 19.9 Å². The maximum absolute atomic E-state index is 12.4. The summed E-state index contributed by atoms with van der Waals surface area (Å²) in [4.78, 5) is 14.6. The van der Waals surface area contributed by atoms with Crippen LogP contribution in [0.15, 0.2) is 36.4 Å². The number of fused-ring (bicyclic) bond motifs is 1. The van der Waals surface area contributed by atoms with Crippen molar-refractivity contribution >= 4 is 38.0 Å². The number of aryl methyl sites for hydroxylation is 2. The highest BCUT2D eigenvalue weighted by molar-refractivity contribution is 7.39. The Morgan fingerprint density at radius 2 is 1.61 bits per heavy atom. The summed E-state index contributed by atoms with van der Waals surface area (Å²) in [6, 6.07) is 12.0. The van der Waals surface area contributed by atoms with E-state index in [1.165, 1.54) is 64.8 Å². The SMILES string of the molecule is CCCCCCCCCc1cc2cc(C(=O)Oc3ccc(CC)cc3)sc2s1. The Kier molecular flexibility index (Phi) is 8.11. The number of carbonyl (C=O) groups excluding carboxylic acids is 1. The molecule has 28 heavy (non-hydrogen) atoms. The number of esters is 1. The second kappa shape index (κ2) is 10.8. The molecule has 0 bridgehead atoms. The highest BCUT2D eigenvalue weighted by Gasteiger charge is 2.15. The first kappa shape index (κ1) is 21.1. The molecule has 150 valence electrons. The summed E-state index contributed by atoms with van der Waals surface area (Å²) in [7, 11) is 0. The standard InChI is InChI=1S/C24H30O2S2/c1-3-5-6-7-8-9-10-11-21-16-19-17-22(28-24(19)27-21)23(25)26-20-14-12-18(4-2)13-15-20/h12-17H,3-11H2,1-2H3. The van der Waals surface area contributed by atoms with Crippen molar-refractivity contribution in [1.82, 2.24) is 0 Å². The van der Waals surface area contributed by atoms with Crippen LogP contribution in [-0.4, -0.2) is 5.97 Å². The van der Waals surface area contributed by atoms with Crippen molar-refractivity contribution in [2.24, 2.45) is 0 Å². The highest BCUT2D eigenvalue weighted by atomic mass is 32.2. The van der Waals surface area contributed by atoms with Crippen molar-refractivity contribution in [3.63, 3.8) is 0 Å². The number of hydrogen-bond donors (Lipinski definition) is 0. The molecule has 0 saturated heterocycles. The van der Waals surface area contributed by atoms with Crippen LogP contribution >= 0.6 is 22.7 Å². The number of carbonyl (C=O) groups is 1. The lowest BCUT2D eigenvalue weighted by molar-refractivity contribution is 0.0740. The molecule has 3 aromatic rings. The van der Waals surface area contributed by atoms with Crippen LogP contribution in [0.25, 0.3) is 9.40 Å². The number of ether oxygens (including phenoxy) is 1. The molecule has 0 amide bonds. The maximum Gasteiger partial charge on any atom is 0.353 e. The third-order valence-corrected chi connectivity index (χ3v) is 7.47. The van der Waals surface area contributed by atoms with Crippen LogP contribution in [0.4, 0.5) is 0 Å². The Morgan fingerprint density at radius 1 is 0.893 bits per heavy atom. The minimum absolute atomic E-state index is 0.258. The van der Waals surface area contributed by atoms with E-state index in [0.717, 1.165) is 12.8 Å². The Labute approximate surface area is 176 Å². The largest absolute Gasteiger partial charge is 0.422 e. The number of benzene rings is 1. The van der Waals surface area contributed by atoms with Crippen molar-refractivity contribution in [2.45, 2.75) is 71.6 Å². The van der Waals surface area contributed by atoms with Gasteiger partial charge in [0.15, 0.2) is 0 Å². The van der Waals surface area contributed by atoms with Gasteiger partial charge < -0.3 is 4.74 Å².